The van der Waals surface area contributed by atoms with Crippen LogP contribution in [0.4, 0.5) is 10.1 Å². The highest BCUT2D eigenvalue weighted by Crippen LogP contribution is 2.14. The first-order chi connectivity index (χ1) is 9.47. The van der Waals surface area contributed by atoms with Gasteiger partial charge >= 0.3 is 5.97 Å². The van der Waals surface area contributed by atoms with E-state index in [-0.39, 0.29) is 29.3 Å². The quantitative estimate of drug-likeness (QED) is 0.737. The van der Waals surface area contributed by atoms with E-state index >= 15 is 0 Å². The summed E-state index contributed by atoms with van der Waals surface area (Å²) >= 11 is 0. The van der Waals surface area contributed by atoms with E-state index in [9.17, 15) is 14.0 Å². The van der Waals surface area contributed by atoms with E-state index in [0.29, 0.717) is 0 Å². The Morgan fingerprint density at radius 3 is 2.70 bits per heavy atom. The fourth-order valence-corrected chi connectivity index (χ4v) is 1.58. The summed E-state index contributed by atoms with van der Waals surface area (Å²) in [6.45, 7) is -0.0257. The second-order valence-electron chi connectivity index (χ2n) is 3.99. The summed E-state index contributed by atoms with van der Waals surface area (Å²) < 4.78 is 18.0. The normalized spacial score (nSPS) is 10.2. The Morgan fingerprint density at radius 1 is 1.30 bits per heavy atom. The average Bonchev–Trinajstić information content (AvgIpc) is 2.88. The lowest BCUT2D eigenvalue weighted by molar-refractivity contribution is 0.0660. The van der Waals surface area contributed by atoms with Gasteiger partial charge in [-0.3, -0.25) is 4.79 Å². The number of furan rings is 1. The molecule has 2 rings (SSSR count). The highest BCUT2D eigenvalue weighted by atomic mass is 19.1. The number of carbonyl (C=O) groups excluding carboxylic acids is 1. The lowest BCUT2D eigenvalue weighted by Crippen LogP contribution is -2.23. The molecule has 104 valence electrons. The molecular formula is C13H11FN2O4. The molecule has 0 aliphatic heterocycles. The SMILES string of the molecule is Nc1ccc(F)cc1C(=O)NCc1ccc(C(=O)O)o1. The second kappa shape index (κ2) is 5.43. The van der Waals surface area contributed by atoms with Crippen LogP contribution in [0, 0.1) is 5.82 Å². The molecule has 1 heterocycles. The van der Waals surface area contributed by atoms with Crippen LogP contribution < -0.4 is 11.1 Å². The Balaban J connectivity index is 2.04. The summed E-state index contributed by atoms with van der Waals surface area (Å²) in [5.74, 6) is -2.30. The van der Waals surface area contributed by atoms with E-state index < -0.39 is 17.7 Å². The average molecular weight is 278 g/mol. The Labute approximate surface area is 113 Å². The zero-order valence-electron chi connectivity index (χ0n) is 10.2. The smallest absolute Gasteiger partial charge is 0.371 e. The monoisotopic (exact) mass is 278 g/mol. The summed E-state index contributed by atoms with van der Waals surface area (Å²) in [7, 11) is 0. The van der Waals surface area contributed by atoms with Gasteiger partial charge in [0.1, 0.15) is 11.6 Å². The van der Waals surface area contributed by atoms with Gasteiger partial charge in [0.15, 0.2) is 0 Å². The molecule has 0 saturated carbocycles. The van der Waals surface area contributed by atoms with Crippen molar-refractivity contribution < 1.29 is 23.5 Å². The fraction of sp³-hybridized carbons (Fsp3) is 0.0769. The molecule has 0 unspecified atom stereocenters. The number of halogens is 1. The number of anilines is 1. The number of amides is 1. The number of carboxylic acid groups (broad SMARTS) is 1. The van der Waals surface area contributed by atoms with Crippen molar-refractivity contribution in [3.8, 4) is 0 Å². The summed E-state index contributed by atoms with van der Waals surface area (Å²) in [4.78, 5) is 22.4. The van der Waals surface area contributed by atoms with Crippen LogP contribution in [0.3, 0.4) is 0 Å². The number of carbonyl (C=O) groups is 2. The molecule has 2 aromatic rings. The topological polar surface area (TPSA) is 106 Å². The van der Waals surface area contributed by atoms with E-state index in [4.69, 9.17) is 15.3 Å². The van der Waals surface area contributed by atoms with Crippen LogP contribution in [0.15, 0.2) is 34.7 Å². The first-order valence-electron chi connectivity index (χ1n) is 5.62. The molecule has 4 N–H and O–H groups in total. The summed E-state index contributed by atoms with van der Waals surface area (Å²) in [5, 5.41) is 11.1. The van der Waals surface area contributed by atoms with Crippen LogP contribution in [-0.2, 0) is 6.54 Å². The lowest BCUT2D eigenvalue weighted by Gasteiger charge is -2.06. The Morgan fingerprint density at radius 2 is 2.05 bits per heavy atom. The van der Waals surface area contributed by atoms with E-state index in [0.717, 1.165) is 12.1 Å². The highest BCUT2D eigenvalue weighted by Gasteiger charge is 2.13. The molecule has 1 aromatic carbocycles. The van der Waals surface area contributed by atoms with Crippen molar-refractivity contribution >= 4 is 17.6 Å². The predicted octanol–water partition coefficient (Wildman–Crippen LogP) is 1.63. The molecule has 0 aliphatic carbocycles. The van der Waals surface area contributed by atoms with Gasteiger partial charge in [0.2, 0.25) is 5.76 Å². The van der Waals surface area contributed by atoms with Gasteiger partial charge in [-0.25, -0.2) is 9.18 Å². The molecule has 1 aromatic heterocycles. The number of nitrogen functional groups attached to an aromatic ring is 1. The molecule has 20 heavy (non-hydrogen) atoms. The molecule has 0 fully saturated rings. The highest BCUT2D eigenvalue weighted by molar-refractivity contribution is 5.99. The van der Waals surface area contributed by atoms with Crippen LogP contribution in [0.25, 0.3) is 0 Å². The van der Waals surface area contributed by atoms with Gasteiger partial charge in [-0.15, -0.1) is 0 Å². The first-order valence-corrected chi connectivity index (χ1v) is 5.62. The molecule has 0 radical (unpaired) electrons. The molecule has 0 aliphatic rings. The third-order valence-corrected chi connectivity index (χ3v) is 2.56. The number of nitrogens with two attached hydrogens (primary N) is 1. The maximum atomic E-state index is 13.0. The first kappa shape index (κ1) is 13.6. The van der Waals surface area contributed by atoms with Gasteiger partial charge in [0, 0.05) is 5.69 Å². The minimum absolute atomic E-state index is 0.00927. The molecule has 0 atom stereocenters. The van der Waals surface area contributed by atoms with Gasteiger partial charge in [0.05, 0.1) is 12.1 Å². The molecule has 0 bridgehead atoms. The third-order valence-electron chi connectivity index (χ3n) is 2.56. The lowest BCUT2D eigenvalue weighted by atomic mass is 10.1. The minimum Gasteiger partial charge on any atom is -0.475 e. The fourth-order valence-electron chi connectivity index (χ4n) is 1.58. The van der Waals surface area contributed by atoms with Crippen molar-refractivity contribution in [2.75, 3.05) is 5.73 Å². The maximum Gasteiger partial charge on any atom is 0.371 e. The zero-order chi connectivity index (χ0) is 14.7. The van der Waals surface area contributed by atoms with Crippen LogP contribution in [0.1, 0.15) is 26.7 Å². The number of nitrogens with one attached hydrogen (secondary N) is 1. The summed E-state index contributed by atoms with van der Waals surface area (Å²) in [5.41, 5.74) is 5.73. The van der Waals surface area contributed by atoms with Gasteiger partial charge in [-0.2, -0.15) is 0 Å². The summed E-state index contributed by atoms with van der Waals surface area (Å²) in [6, 6.07) is 6.17. The summed E-state index contributed by atoms with van der Waals surface area (Å²) in [6.07, 6.45) is 0. The molecule has 0 saturated heterocycles. The van der Waals surface area contributed by atoms with Crippen LogP contribution >= 0.6 is 0 Å². The van der Waals surface area contributed by atoms with Crippen LogP contribution in [0.5, 0.6) is 0 Å². The Hall–Kier alpha value is -2.83. The molecular weight excluding hydrogens is 267 g/mol. The molecule has 6 nitrogen and oxygen atoms in total. The number of hydrogen-bond donors (Lipinski definition) is 3. The molecule has 1 amide bonds. The van der Waals surface area contributed by atoms with E-state index in [1.807, 2.05) is 0 Å². The van der Waals surface area contributed by atoms with Crippen LogP contribution in [0.2, 0.25) is 0 Å². The second-order valence-corrected chi connectivity index (χ2v) is 3.99. The zero-order valence-corrected chi connectivity index (χ0v) is 10.2. The van der Waals surface area contributed by atoms with Crippen molar-refractivity contribution in [2.24, 2.45) is 0 Å². The van der Waals surface area contributed by atoms with E-state index in [1.165, 1.54) is 18.2 Å². The molecule has 0 spiro atoms. The van der Waals surface area contributed by atoms with Gasteiger partial charge in [-0.1, -0.05) is 0 Å². The van der Waals surface area contributed by atoms with Crippen molar-refractivity contribution in [1.29, 1.82) is 0 Å². The number of carboxylic acids is 1. The van der Waals surface area contributed by atoms with Gasteiger partial charge < -0.3 is 20.6 Å². The number of rotatable bonds is 4. The standard InChI is InChI=1S/C13H11FN2O4/c14-7-1-3-10(15)9(5-7)12(17)16-6-8-2-4-11(20-8)13(18)19/h1-5H,6,15H2,(H,16,17)(H,18,19). The minimum atomic E-state index is -1.20. The number of aromatic carboxylic acids is 1. The Kier molecular flexibility index (Phi) is 3.69. The van der Waals surface area contributed by atoms with E-state index in [1.54, 1.807) is 0 Å². The van der Waals surface area contributed by atoms with Crippen molar-refractivity contribution in [3.63, 3.8) is 0 Å². The maximum absolute atomic E-state index is 13.0. The van der Waals surface area contributed by atoms with Gasteiger partial charge in [-0.05, 0) is 30.3 Å². The largest absolute Gasteiger partial charge is 0.475 e. The van der Waals surface area contributed by atoms with Crippen molar-refractivity contribution in [3.05, 3.63) is 53.2 Å². The van der Waals surface area contributed by atoms with Crippen molar-refractivity contribution in [1.82, 2.24) is 5.32 Å². The van der Waals surface area contributed by atoms with Crippen LogP contribution in [-0.4, -0.2) is 17.0 Å². The third kappa shape index (κ3) is 2.94. The number of benzene rings is 1. The number of hydrogen-bond acceptors (Lipinski definition) is 4. The van der Waals surface area contributed by atoms with Crippen molar-refractivity contribution in [2.45, 2.75) is 6.54 Å². The Bertz CT molecular complexity index is 666. The predicted molar refractivity (Wildman–Crippen MR) is 67.6 cm³/mol. The molecule has 7 heteroatoms. The van der Waals surface area contributed by atoms with E-state index in [2.05, 4.69) is 5.32 Å². The van der Waals surface area contributed by atoms with Gasteiger partial charge in [0.25, 0.3) is 5.91 Å².